The lowest BCUT2D eigenvalue weighted by Crippen LogP contribution is -2.16. The van der Waals surface area contributed by atoms with Crippen molar-refractivity contribution in [3.05, 3.63) is 39.5 Å². The number of benzene rings is 1. The number of aromatic amines is 1. The fraction of sp³-hybridized carbons (Fsp3) is 0.0909. The number of aryl methyl sites for hydroxylation is 1. The SMILES string of the molecule is Cc1cn[nH]c1NS(=O)(=O)c1ccc(Cl)c(C(=O)O)c1Cl. The van der Waals surface area contributed by atoms with Crippen LogP contribution >= 0.6 is 23.2 Å². The topological polar surface area (TPSA) is 112 Å². The number of hydrogen-bond donors (Lipinski definition) is 3. The molecular formula is C11H9Cl2N3O4S. The molecule has 0 amide bonds. The second-order valence-corrected chi connectivity index (χ2v) is 6.51. The van der Waals surface area contributed by atoms with Gasteiger partial charge in [0.1, 0.15) is 10.7 Å². The van der Waals surface area contributed by atoms with Crippen molar-refractivity contribution in [3.63, 3.8) is 0 Å². The van der Waals surface area contributed by atoms with Gasteiger partial charge < -0.3 is 5.11 Å². The van der Waals surface area contributed by atoms with Crippen LogP contribution in [0.4, 0.5) is 5.82 Å². The molecule has 21 heavy (non-hydrogen) atoms. The van der Waals surface area contributed by atoms with Crippen LogP contribution in [-0.4, -0.2) is 29.7 Å². The quantitative estimate of drug-likeness (QED) is 0.784. The third kappa shape index (κ3) is 2.97. The van der Waals surface area contributed by atoms with Crippen LogP contribution in [0, 0.1) is 6.92 Å². The number of nitrogens with one attached hydrogen (secondary N) is 2. The minimum absolute atomic E-state index is 0.149. The van der Waals surface area contributed by atoms with Gasteiger partial charge in [0.15, 0.2) is 0 Å². The molecule has 2 aromatic rings. The number of H-pyrrole nitrogens is 1. The van der Waals surface area contributed by atoms with Crippen molar-refractivity contribution in [1.82, 2.24) is 10.2 Å². The Balaban J connectivity index is 2.53. The van der Waals surface area contributed by atoms with Gasteiger partial charge in [-0.2, -0.15) is 5.10 Å². The summed E-state index contributed by atoms with van der Waals surface area (Å²) >= 11 is 11.6. The Bertz CT molecular complexity index is 817. The van der Waals surface area contributed by atoms with Crippen LogP contribution in [0.3, 0.4) is 0 Å². The summed E-state index contributed by atoms with van der Waals surface area (Å²) in [6, 6.07) is 2.29. The van der Waals surface area contributed by atoms with E-state index in [2.05, 4.69) is 14.9 Å². The van der Waals surface area contributed by atoms with Crippen molar-refractivity contribution in [2.45, 2.75) is 11.8 Å². The van der Waals surface area contributed by atoms with Crippen molar-refractivity contribution < 1.29 is 18.3 Å². The van der Waals surface area contributed by atoms with Crippen molar-refractivity contribution in [2.75, 3.05) is 4.72 Å². The van der Waals surface area contributed by atoms with Gasteiger partial charge in [-0.3, -0.25) is 9.82 Å². The zero-order valence-electron chi connectivity index (χ0n) is 10.5. The van der Waals surface area contributed by atoms with Crippen LogP contribution in [0.5, 0.6) is 0 Å². The zero-order valence-corrected chi connectivity index (χ0v) is 12.8. The highest BCUT2D eigenvalue weighted by atomic mass is 35.5. The van der Waals surface area contributed by atoms with Gasteiger partial charge in [0.05, 0.1) is 21.8 Å². The first-order chi connectivity index (χ1) is 9.74. The van der Waals surface area contributed by atoms with E-state index < -0.39 is 26.6 Å². The molecule has 0 atom stereocenters. The van der Waals surface area contributed by atoms with Gasteiger partial charge >= 0.3 is 5.97 Å². The number of carbonyl (C=O) groups is 1. The summed E-state index contributed by atoms with van der Waals surface area (Å²) in [6.07, 6.45) is 1.43. The molecule has 1 aromatic heterocycles. The Hall–Kier alpha value is -1.77. The molecule has 7 nitrogen and oxygen atoms in total. The van der Waals surface area contributed by atoms with E-state index in [9.17, 15) is 13.2 Å². The largest absolute Gasteiger partial charge is 0.478 e. The minimum Gasteiger partial charge on any atom is -0.478 e. The van der Waals surface area contributed by atoms with E-state index in [1.165, 1.54) is 6.20 Å². The molecule has 2 rings (SSSR count). The Morgan fingerprint density at radius 2 is 2.05 bits per heavy atom. The molecule has 1 heterocycles. The predicted molar refractivity (Wildman–Crippen MR) is 77.6 cm³/mol. The van der Waals surface area contributed by atoms with Crippen molar-refractivity contribution in [3.8, 4) is 0 Å². The minimum atomic E-state index is -4.08. The molecule has 0 radical (unpaired) electrons. The molecule has 0 aliphatic heterocycles. The van der Waals surface area contributed by atoms with Gasteiger partial charge in [0.2, 0.25) is 0 Å². The number of sulfonamides is 1. The summed E-state index contributed by atoms with van der Waals surface area (Å²) in [4.78, 5) is 10.7. The molecule has 0 aliphatic rings. The Labute approximate surface area is 129 Å². The highest BCUT2D eigenvalue weighted by molar-refractivity contribution is 7.92. The highest BCUT2D eigenvalue weighted by Crippen LogP contribution is 2.32. The molecule has 10 heteroatoms. The third-order valence-electron chi connectivity index (χ3n) is 2.62. The number of nitrogens with zero attached hydrogens (tertiary/aromatic N) is 1. The fourth-order valence-corrected chi connectivity index (χ4v) is 3.58. The lowest BCUT2D eigenvalue weighted by Gasteiger charge is -2.11. The number of rotatable bonds is 4. The number of carboxylic acids is 1. The van der Waals surface area contributed by atoms with Crippen molar-refractivity contribution >= 4 is 45.0 Å². The molecule has 1 aromatic carbocycles. The summed E-state index contributed by atoms with van der Waals surface area (Å²) in [6.45, 7) is 1.65. The average Bonchev–Trinajstić information content (AvgIpc) is 2.73. The van der Waals surface area contributed by atoms with E-state index in [1.54, 1.807) is 6.92 Å². The van der Waals surface area contributed by atoms with Gasteiger partial charge in [-0.25, -0.2) is 13.2 Å². The Morgan fingerprint density at radius 1 is 1.38 bits per heavy atom. The van der Waals surface area contributed by atoms with Gasteiger partial charge in [-0.1, -0.05) is 23.2 Å². The summed E-state index contributed by atoms with van der Waals surface area (Å²) in [7, 11) is -4.08. The molecule has 3 N–H and O–H groups in total. The van der Waals surface area contributed by atoms with Crippen LogP contribution in [0.2, 0.25) is 10.0 Å². The van der Waals surface area contributed by atoms with Gasteiger partial charge in [-0.05, 0) is 19.1 Å². The third-order valence-corrected chi connectivity index (χ3v) is 4.84. The molecule has 0 spiro atoms. The average molecular weight is 350 g/mol. The Kier molecular flexibility index (Phi) is 4.13. The number of aromatic carboxylic acids is 1. The smallest absolute Gasteiger partial charge is 0.338 e. The van der Waals surface area contributed by atoms with E-state index in [1.807, 2.05) is 0 Å². The number of hydrogen-bond acceptors (Lipinski definition) is 4. The van der Waals surface area contributed by atoms with Gasteiger partial charge in [-0.15, -0.1) is 0 Å². The van der Waals surface area contributed by atoms with Gasteiger partial charge in [0, 0.05) is 5.56 Å². The number of anilines is 1. The second-order valence-electron chi connectivity index (χ2n) is 4.07. The molecule has 0 aliphatic carbocycles. The van der Waals surface area contributed by atoms with E-state index in [0.717, 1.165) is 12.1 Å². The van der Waals surface area contributed by atoms with Crippen molar-refractivity contribution in [1.29, 1.82) is 0 Å². The molecule has 0 fully saturated rings. The molecule has 0 bridgehead atoms. The first kappa shape index (κ1) is 15.6. The number of aromatic nitrogens is 2. The summed E-state index contributed by atoms with van der Waals surface area (Å²) < 4.78 is 26.8. The molecule has 112 valence electrons. The fourth-order valence-electron chi connectivity index (χ4n) is 1.58. The molecule has 0 saturated carbocycles. The van der Waals surface area contributed by atoms with E-state index in [-0.39, 0.29) is 15.7 Å². The summed E-state index contributed by atoms with van der Waals surface area (Å²) in [5.74, 6) is -1.25. The highest BCUT2D eigenvalue weighted by Gasteiger charge is 2.25. The standard InChI is InChI=1S/C11H9Cl2N3O4S/c1-5-4-14-15-10(5)16-21(19,20)7-3-2-6(12)8(9(7)13)11(17)18/h2-4H,1H3,(H,17,18)(H2,14,15,16). The maximum Gasteiger partial charge on any atom is 0.338 e. The maximum atomic E-state index is 12.3. The van der Waals surface area contributed by atoms with Crippen LogP contribution in [0.25, 0.3) is 0 Å². The number of halogens is 2. The lowest BCUT2D eigenvalue weighted by molar-refractivity contribution is 0.0697. The van der Waals surface area contributed by atoms with Crippen LogP contribution in [0.15, 0.2) is 23.2 Å². The molecule has 0 unspecified atom stereocenters. The van der Waals surface area contributed by atoms with Crippen LogP contribution < -0.4 is 4.72 Å². The second kappa shape index (κ2) is 5.55. The lowest BCUT2D eigenvalue weighted by atomic mass is 10.2. The first-order valence-electron chi connectivity index (χ1n) is 5.48. The van der Waals surface area contributed by atoms with E-state index >= 15 is 0 Å². The van der Waals surface area contributed by atoms with E-state index in [4.69, 9.17) is 28.3 Å². The van der Waals surface area contributed by atoms with E-state index in [0.29, 0.717) is 5.56 Å². The first-order valence-corrected chi connectivity index (χ1v) is 7.72. The maximum absolute atomic E-state index is 12.3. The molecular weight excluding hydrogens is 341 g/mol. The monoisotopic (exact) mass is 349 g/mol. The van der Waals surface area contributed by atoms with Crippen molar-refractivity contribution in [2.24, 2.45) is 0 Å². The van der Waals surface area contributed by atoms with Crippen LogP contribution in [-0.2, 0) is 10.0 Å². The summed E-state index contributed by atoms with van der Waals surface area (Å²) in [5, 5.41) is 14.6. The predicted octanol–water partition coefficient (Wildman–Crippen LogP) is 2.52. The number of carboxylic acid groups (broad SMARTS) is 1. The Morgan fingerprint density at radius 3 is 2.57 bits per heavy atom. The summed E-state index contributed by atoms with van der Waals surface area (Å²) in [5.41, 5.74) is 0.102. The van der Waals surface area contributed by atoms with Crippen LogP contribution in [0.1, 0.15) is 15.9 Å². The molecule has 0 saturated heterocycles. The van der Waals surface area contributed by atoms with Gasteiger partial charge in [0.25, 0.3) is 10.0 Å². The normalized spacial score (nSPS) is 11.4. The zero-order chi connectivity index (χ0) is 15.8.